The van der Waals surface area contributed by atoms with Crippen LogP contribution in [0.15, 0.2) is 54.6 Å². The first-order chi connectivity index (χ1) is 15.3. The molecule has 3 aromatic carbocycles. The largest absolute Gasteiger partial charge is 0.504 e. The normalized spacial score (nSPS) is 16.8. The van der Waals surface area contributed by atoms with Crippen LogP contribution in [0.25, 0.3) is 28.5 Å². The molecule has 0 aliphatic carbocycles. The van der Waals surface area contributed by atoms with E-state index in [1.54, 1.807) is 24.3 Å². The Labute approximate surface area is 186 Å². The van der Waals surface area contributed by atoms with E-state index < -0.39 is 0 Å². The summed E-state index contributed by atoms with van der Waals surface area (Å²) in [4.78, 5) is 0. The van der Waals surface area contributed by atoms with Crippen molar-refractivity contribution in [3.8, 4) is 28.4 Å². The van der Waals surface area contributed by atoms with Gasteiger partial charge in [-0.1, -0.05) is 24.3 Å². The molecular weight excluding hydrogens is 405 g/mol. The lowest BCUT2D eigenvalue weighted by atomic mass is 9.83. The van der Waals surface area contributed by atoms with E-state index in [2.05, 4.69) is 38.2 Å². The summed E-state index contributed by atoms with van der Waals surface area (Å²) in [6.07, 6.45) is 4.11. The number of phenols is 1. The van der Waals surface area contributed by atoms with Gasteiger partial charge in [-0.25, -0.2) is 4.39 Å². The second kappa shape index (κ2) is 7.16. The summed E-state index contributed by atoms with van der Waals surface area (Å²) < 4.78 is 25.4. The van der Waals surface area contributed by atoms with Crippen molar-refractivity contribution in [3.05, 3.63) is 77.1 Å². The third-order valence-corrected chi connectivity index (χ3v) is 5.84. The average molecular weight is 429 g/mol. The zero-order chi connectivity index (χ0) is 22.6. The van der Waals surface area contributed by atoms with E-state index in [-0.39, 0.29) is 17.1 Å². The van der Waals surface area contributed by atoms with Crippen LogP contribution in [-0.2, 0) is 0 Å². The van der Waals surface area contributed by atoms with Gasteiger partial charge < -0.3 is 19.9 Å². The molecule has 2 aliphatic rings. The highest BCUT2D eigenvalue weighted by Gasteiger charge is 2.33. The number of rotatable bonds is 2. The number of phenolic OH excluding ortho intramolecular Hbond substituents is 1. The lowest BCUT2D eigenvalue weighted by Crippen LogP contribution is -2.32. The number of fused-ring (bicyclic) bond motifs is 5. The molecular formula is C27H24FNO3. The van der Waals surface area contributed by atoms with Crippen molar-refractivity contribution >= 4 is 23.1 Å². The van der Waals surface area contributed by atoms with Crippen LogP contribution in [0.4, 0.5) is 10.1 Å². The molecule has 5 rings (SSSR count). The van der Waals surface area contributed by atoms with Gasteiger partial charge in [0.15, 0.2) is 11.5 Å². The van der Waals surface area contributed by atoms with Crippen molar-refractivity contribution in [1.82, 2.24) is 0 Å². The second-order valence-corrected chi connectivity index (χ2v) is 8.74. The van der Waals surface area contributed by atoms with Crippen LogP contribution >= 0.6 is 0 Å². The van der Waals surface area contributed by atoms with Gasteiger partial charge in [-0.05, 0) is 68.3 Å². The fourth-order valence-corrected chi connectivity index (χ4v) is 4.66. The van der Waals surface area contributed by atoms with E-state index >= 15 is 0 Å². The van der Waals surface area contributed by atoms with Crippen LogP contribution in [0.2, 0.25) is 0 Å². The number of aromatic hydroxyl groups is 1. The van der Waals surface area contributed by atoms with Crippen LogP contribution in [0.1, 0.15) is 37.5 Å². The van der Waals surface area contributed by atoms with Gasteiger partial charge in [0, 0.05) is 22.4 Å². The van der Waals surface area contributed by atoms with E-state index in [9.17, 15) is 9.50 Å². The Morgan fingerprint density at radius 3 is 2.47 bits per heavy atom. The van der Waals surface area contributed by atoms with Gasteiger partial charge in [0.25, 0.3) is 0 Å². The molecule has 0 bridgehead atoms. The summed E-state index contributed by atoms with van der Waals surface area (Å²) >= 11 is 0. The van der Waals surface area contributed by atoms with E-state index in [1.807, 2.05) is 12.1 Å². The number of hydrogen-bond acceptors (Lipinski definition) is 4. The number of nitrogens with one attached hydrogen (secondary N) is 1. The Morgan fingerprint density at radius 1 is 1.00 bits per heavy atom. The standard InChI is InChI=1S/C27H24FNO3/c1-15-14-27(2,3)29-19-10-9-18-24(23(15)19)22(13-16-5-7-17(28)8-6-16)32-21-12-11-20(30)26(31-4)25(18)21/h5-14,29-30H,1-4H3. The van der Waals surface area contributed by atoms with Crippen LogP contribution in [0.5, 0.6) is 17.2 Å². The third kappa shape index (κ3) is 3.21. The van der Waals surface area contributed by atoms with Gasteiger partial charge in [-0.2, -0.15) is 0 Å². The molecule has 3 aromatic rings. The number of ether oxygens (including phenoxy) is 2. The number of benzene rings is 3. The first-order valence-electron chi connectivity index (χ1n) is 10.5. The quantitative estimate of drug-likeness (QED) is 0.476. The van der Waals surface area contributed by atoms with E-state index in [0.717, 1.165) is 33.5 Å². The lowest BCUT2D eigenvalue weighted by Gasteiger charge is -2.35. The van der Waals surface area contributed by atoms with Gasteiger partial charge in [0.1, 0.15) is 17.3 Å². The first-order valence-corrected chi connectivity index (χ1v) is 10.5. The molecule has 0 spiro atoms. The Kier molecular flexibility index (Phi) is 4.52. The smallest absolute Gasteiger partial charge is 0.172 e. The number of hydrogen-bond donors (Lipinski definition) is 2. The Balaban J connectivity index is 1.83. The second-order valence-electron chi connectivity index (χ2n) is 8.74. The highest BCUT2D eigenvalue weighted by molar-refractivity contribution is 6.02. The molecule has 4 nitrogen and oxygen atoms in total. The summed E-state index contributed by atoms with van der Waals surface area (Å²) in [6.45, 7) is 6.34. The molecule has 2 N–H and O–H groups in total. The van der Waals surface area contributed by atoms with Crippen LogP contribution in [-0.4, -0.2) is 17.8 Å². The zero-order valence-corrected chi connectivity index (χ0v) is 18.4. The summed E-state index contributed by atoms with van der Waals surface area (Å²) in [5.41, 5.74) is 6.31. The number of anilines is 1. The zero-order valence-electron chi connectivity index (χ0n) is 18.4. The molecule has 2 heterocycles. The Bertz CT molecular complexity index is 1300. The summed E-state index contributed by atoms with van der Waals surface area (Å²) in [5.74, 6) is 1.38. The van der Waals surface area contributed by atoms with E-state index in [1.165, 1.54) is 19.2 Å². The SMILES string of the molecule is COc1c(O)ccc2c1-c1ccc3c(c1C(=Cc1ccc(F)cc1)O2)C(C)=CC(C)(C)N3. The fraction of sp³-hybridized carbons (Fsp3) is 0.185. The van der Waals surface area contributed by atoms with Crippen molar-refractivity contribution in [2.75, 3.05) is 12.4 Å². The monoisotopic (exact) mass is 429 g/mol. The minimum Gasteiger partial charge on any atom is -0.504 e. The highest BCUT2D eigenvalue weighted by Crippen LogP contribution is 2.54. The van der Waals surface area contributed by atoms with Gasteiger partial charge in [-0.3, -0.25) is 0 Å². The van der Waals surface area contributed by atoms with E-state index in [0.29, 0.717) is 22.8 Å². The maximum atomic E-state index is 13.5. The minimum atomic E-state index is -0.287. The number of halogens is 1. The predicted octanol–water partition coefficient (Wildman–Crippen LogP) is 6.70. The molecule has 0 aromatic heterocycles. The van der Waals surface area contributed by atoms with Gasteiger partial charge >= 0.3 is 0 Å². The van der Waals surface area contributed by atoms with Crippen molar-refractivity contribution in [3.63, 3.8) is 0 Å². The Hall–Kier alpha value is -3.73. The molecule has 0 radical (unpaired) electrons. The van der Waals surface area contributed by atoms with Crippen molar-refractivity contribution in [2.45, 2.75) is 26.3 Å². The number of methoxy groups -OCH3 is 1. The van der Waals surface area contributed by atoms with Crippen molar-refractivity contribution in [1.29, 1.82) is 0 Å². The van der Waals surface area contributed by atoms with Gasteiger partial charge in [0.05, 0.1) is 18.2 Å². The lowest BCUT2D eigenvalue weighted by molar-refractivity contribution is 0.371. The third-order valence-electron chi connectivity index (χ3n) is 5.84. The fourth-order valence-electron chi connectivity index (χ4n) is 4.66. The molecule has 0 saturated carbocycles. The molecule has 0 saturated heterocycles. The molecule has 0 amide bonds. The average Bonchev–Trinajstić information content (AvgIpc) is 2.74. The Morgan fingerprint density at radius 2 is 1.75 bits per heavy atom. The van der Waals surface area contributed by atoms with E-state index in [4.69, 9.17) is 9.47 Å². The summed E-state index contributed by atoms with van der Waals surface area (Å²) in [7, 11) is 1.53. The van der Waals surface area contributed by atoms with Gasteiger partial charge in [0.2, 0.25) is 0 Å². The maximum Gasteiger partial charge on any atom is 0.172 e. The minimum absolute atomic E-state index is 0.0519. The number of allylic oxidation sites excluding steroid dienone is 1. The van der Waals surface area contributed by atoms with Crippen molar-refractivity contribution in [2.24, 2.45) is 0 Å². The molecule has 0 atom stereocenters. The summed E-state index contributed by atoms with van der Waals surface area (Å²) in [5, 5.41) is 14.0. The van der Waals surface area contributed by atoms with Crippen LogP contribution < -0.4 is 14.8 Å². The molecule has 32 heavy (non-hydrogen) atoms. The highest BCUT2D eigenvalue weighted by atomic mass is 19.1. The molecule has 5 heteroatoms. The maximum absolute atomic E-state index is 13.5. The first kappa shape index (κ1) is 20.2. The molecule has 0 fully saturated rings. The van der Waals surface area contributed by atoms with Crippen molar-refractivity contribution < 1.29 is 19.0 Å². The molecule has 0 unspecified atom stereocenters. The molecule has 2 aliphatic heterocycles. The topological polar surface area (TPSA) is 50.7 Å². The predicted molar refractivity (Wildman–Crippen MR) is 126 cm³/mol. The van der Waals surface area contributed by atoms with Gasteiger partial charge in [-0.15, -0.1) is 0 Å². The molecule has 162 valence electrons. The summed E-state index contributed by atoms with van der Waals surface area (Å²) in [6, 6.07) is 13.7. The van der Waals surface area contributed by atoms with Crippen LogP contribution in [0, 0.1) is 5.82 Å². The van der Waals surface area contributed by atoms with Crippen LogP contribution in [0.3, 0.4) is 0 Å².